The van der Waals surface area contributed by atoms with E-state index in [-0.39, 0.29) is 19.1 Å². The molecule has 11 nitrogen and oxygen atoms in total. The topological polar surface area (TPSA) is 160 Å². The first-order valence-electron chi connectivity index (χ1n) is 13.7. The van der Waals surface area contributed by atoms with E-state index >= 15 is 0 Å². The van der Waals surface area contributed by atoms with Crippen LogP contribution in [0.3, 0.4) is 0 Å². The third kappa shape index (κ3) is 17.7. The number of halogens is 1. The molecule has 1 saturated heterocycles. The average Bonchev–Trinajstić information content (AvgIpc) is 3.46. The highest BCUT2D eigenvalue weighted by Gasteiger charge is 2.34. The van der Waals surface area contributed by atoms with Gasteiger partial charge in [-0.25, -0.2) is 9.18 Å². The number of guanidine groups is 1. The number of hydrogen-bond donors (Lipinski definition) is 3. The van der Waals surface area contributed by atoms with Crippen LogP contribution in [-0.4, -0.2) is 85.4 Å². The van der Waals surface area contributed by atoms with Gasteiger partial charge in [-0.3, -0.25) is 19.4 Å². The van der Waals surface area contributed by atoms with E-state index in [1.54, 1.807) is 0 Å². The number of aliphatic imine (C=N–C) groups is 1. The smallest absolute Gasteiger partial charge is 0.410 e. The molecule has 1 unspecified atom stereocenters. The molecule has 2 rings (SSSR count). The van der Waals surface area contributed by atoms with E-state index in [4.69, 9.17) is 16.2 Å². The van der Waals surface area contributed by atoms with Crippen LogP contribution in [0.1, 0.15) is 65.9 Å². The zero-order valence-corrected chi connectivity index (χ0v) is 25.0. The Bertz CT molecular complexity index is 881. The first-order valence-corrected chi connectivity index (χ1v) is 13.7. The number of likely N-dealkylation sites (N-methyl/N-ethyl adjacent to an activating group) is 1. The molecular formula is C28H49FN6O5. The molecule has 12 heteroatoms. The fraction of sp³-hybridized carbons (Fsp3) is 0.607. The second kappa shape index (κ2) is 24.3. The normalized spacial score (nSPS) is 13.1. The summed E-state index contributed by atoms with van der Waals surface area (Å²) in [5, 5.41) is 2.35. The Balaban J connectivity index is 0. The number of ether oxygens (including phenoxy) is 1. The van der Waals surface area contributed by atoms with E-state index in [0.29, 0.717) is 19.4 Å². The lowest BCUT2D eigenvalue weighted by Crippen LogP contribution is -2.50. The largest absolute Gasteiger partial charge is 0.445 e. The van der Waals surface area contributed by atoms with Crippen molar-refractivity contribution < 1.29 is 28.3 Å². The summed E-state index contributed by atoms with van der Waals surface area (Å²) in [5.74, 6) is -1.44. The zero-order valence-electron chi connectivity index (χ0n) is 25.0. The van der Waals surface area contributed by atoms with Crippen LogP contribution in [0.25, 0.3) is 0 Å². The minimum absolute atomic E-state index is 0.0928. The Kier molecular flexibility index (Phi) is 23.4. The summed E-state index contributed by atoms with van der Waals surface area (Å²) in [6.07, 6.45) is 2.68. The van der Waals surface area contributed by atoms with Gasteiger partial charge in [-0.05, 0) is 24.8 Å². The number of ketones is 1. The highest BCUT2D eigenvalue weighted by atomic mass is 19.1. The third-order valence-electron chi connectivity index (χ3n) is 4.89. The predicted octanol–water partition coefficient (Wildman–Crippen LogP) is 3.01. The molecule has 1 aromatic rings. The van der Waals surface area contributed by atoms with Gasteiger partial charge in [0.25, 0.3) is 0 Å². The van der Waals surface area contributed by atoms with Crippen molar-refractivity contribution in [2.75, 3.05) is 39.9 Å². The van der Waals surface area contributed by atoms with Crippen LogP contribution in [-0.2, 0) is 25.7 Å². The fourth-order valence-electron chi connectivity index (χ4n) is 3.12. The Morgan fingerprint density at radius 2 is 1.73 bits per heavy atom. The molecule has 1 aliphatic rings. The van der Waals surface area contributed by atoms with E-state index in [2.05, 4.69) is 24.2 Å². The first-order chi connectivity index (χ1) is 19.1. The molecule has 40 heavy (non-hydrogen) atoms. The molecule has 1 atom stereocenters. The number of amides is 3. The summed E-state index contributed by atoms with van der Waals surface area (Å²) >= 11 is 0. The Morgan fingerprint density at radius 3 is 2.23 bits per heavy atom. The van der Waals surface area contributed by atoms with E-state index < -0.39 is 43.0 Å². The molecule has 0 bridgehead atoms. The SMILES string of the molecule is CC.CCC.CCCN=C(N)N.CN(CC(=O)N1CCCC1C(=O)NCC(=O)CF)C(=O)OCc1ccccc1. The van der Waals surface area contributed by atoms with E-state index in [0.717, 1.165) is 23.4 Å². The zero-order chi connectivity index (χ0) is 30.9. The lowest BCUT2D eigenvalue weighted by Gasteiger charge is -2.26. The van der Waals surface area contributed by atoms with Crippen molar-refractivity contribution in [3.8, 4) is 0 Å². The summed E-state index contributed by atoms with van der Waals surface area (Å²) in [6, 6.07) is 8.42. The number of rotatable bonds is 10. The lowest BCUT2D eigenvalue weighted by molar-refractivity contribution is -0.139. The van der Waals surface area contributed by atoms with Gasteiger partial charge in [0.15, 0.2) is 11.7 Å². The molecule has 1 aliphatic heterocycles. The van der Waals surface area contributed by atoms with Crippen molar-refractivity contribution in [2.45, 2.75) is 73.0 Å². The minimum Gasteiger partial charge on any atom is -0.445 e. The molecule has 1 fully saturated rings. The summed E-state index contributed by atoms with van der Waals surface area (Å²) in [4.78, 5) is 54.0. The molecule has 0 radical (unpaired) electrons. The Labute approximate surface area is 238 Å². The number of hydrogen-bond acceptors (Lipinski definition) is 6. The maximum absolute atomic E-state index is 12.5. The van der Waals surface area contributed by atoms with Gasteiger partial charge < -0.3 is 31.3 Å². The Hall–Kier alpha value is -3.70. The number of benzene rings is 1. The van der Waals surface area contributed by atoms with E-state index in [9.17, 15) is 23.6 Å². The average molecular weight is 569 g/mol. The second-order valence-electron chi connectivity index (χ2n) is 8.55. The maximum atomic E-state index is 12.5. The predicted molar refractivity (Wildman–Crippen MR) is 156 cm³/mol. The maximum Gasteiger partial charge on any atom is 0.410 e. The molecule has 3 amide bonds. The highest BCUT2D eigenvalue weighted by molar-refractivity contribution is 5.92. The number of carbonyl (C=O) groups excluding carboxylic acids is 4. The Morgan fingerprint density at radius 1 is 1.12 bits per heavy atom. The number of Topliss-reactive ketones (excluding diaryl/α,β-unsaturated/α-hetero) is 1. The van der Waals surface area contributed by atoms with Crippen molar-refractivity contribution in [1.82, 2.24) is 15.1 Å². The third-order valence-corrected chi connectivity index (χ3v) is 4.89. The number of nitrogens with one attached hydrogen (secondary N) is 1. The molecular weight excluding hydrogens is 519 g/mol. The van der Waals surface area contributed by atoms with Crippen LogP contribution >= 0.6 is 0 Å². The van der Waals surface area contributed by atoms with Crippen molar-refractivity contribution in [1.29, 1.82) is 0 Å². The van der Waals surface area contributed by atoms with Crippen LogP contribution in [0.5, 0.6) is 0 Å². The molecule has 5 N–H and O–H groups in total. The van der Waals surface area contributed by atoms with Crippen LogP contribution in [0.4, 0.5) is 9.18 Å². The number of nitrogens with two attached hydrogens (primary N) is 2. The van der Waals surface area contributed by atoms with Crippen LogP contribution in [0, 0.1) is 0 Å². The van der Waals surface area contributed by atoms with Crippen molar-refractivity contribution in [3.63, 3.8) is 0 Å². The van der Waals surface area contributed by atoms with Crippen molar-refractivity contribution >= 4 is 29.7 Å². The number of likely N-dealkylation sites (tertiary alicyclic amines) is 1. The molecule has 1 aromatic carbocycles. The summed E-state index contributed by atoms with van der Waals surface area (Å²) in [5.41, 5.74) is 10.8. The van der Waals surface area contributed by atoms with Crippen molar-refractivity contribution in [3.05, 3.63) is 35.9 Å². The van der Waals surface area contributed by atoms with Gasteiger partial charge in [-0.2, -0.15) is 0 Å². The lowest BCUT2D eigenvalue weighted by atomic mass is 10.2. The summed E-state index contributed by atoms with van der Waals surface area (Å²) in [7, 11) is 1.44. The van der Waals surface area contributed by atoms with Gasteiger partial charge in [-0.15, -0.1) is 0 Å². The molecule has 1 heterocycles. The molecule has 0 aliphatic carbocycles. The molecule has 0 spiro atoms. The van der Waals surface area contributed by atoms with E-state index in [1.807, 2.05) is 51.1 Å². The standard InChI is InChI=1S/C19H24FN3O5.C4H11N3.C3H8.C2H6/c1-22(19(27)28-13-14-6-3-2-4-7-14)12-17(25)23-9-5-8-16(23)18(26)21-11-15(24)10-20;1-2-3-7-4(5)6;1-3-2;1-2/h2-4,6-7,16H,5,8-13H2,1H3,(H,21,26);2-3H2,1H3,(H4,5,6,7);3H2,1-2H3;1-2H3. The summed E-state index contributed by atoms with van der Waals surface area (Å²) < 4.78 is 17.4. The number of alkyl halides is 1. The monoisotopic (exact) mass is 568 g/mol. The molecule has 0 aromatic heterocycles. The van der Waals surface area contributed by atoms with Crippen molar-refractivity contribution in [2.24, 2.45) is 16.5 Å². The van der Waals surface area contributed by atoms with Gasteiger partial charge >= 0.3 is 6.09 Å². The highest BCUT2D eigenvalue weighted by Crippen LogP contribution is 2.18. The summed E-state index contributed by atoms with van der Waals surface area (Å²) in [6.45, 7) is 9.69. The fourth-order valence-corrected chi connectivity index (χ4v) is 3.12. The minimum atomic E-state index is -1.15. The van der Waals surface area contributed by atoms with Gasteiger partial charge in [0.05, 0.1) is 6.54 Å². The van der Waals surface area contributed by atoms with E-state index in [1.165, 1.54) is 18.4 Å². The van der Waals surface area contributed by atoms with Gasteiger partial charge in [0, 0.05) is 20.1 Å². The van der Waals surface area contributed by atoms with Gasteiger partial charge in [-0.1, -0.05) is 71.4 Å². The van der Waals surface area contributed by atoms with Crippen LogP contribution < -0.4 is 16.8 Å². The number of carbonyl (C=O) groups is 4. The molecule has 228 valence electrons. The first kappa shape index (κ1) is 38.4. The van der Waals surface area contributed by atoms with Gasteiger partial charge in [0.2, 0.25) is 11.8 Å². The quantitative estimate of drug-likeness (QED) is 0.289. The van der Waals surface area contributed by atoms with Crippen LogP contribution in [0.2, 0.25) is 0 Å². The van der Waals surface area contributed by atoms with Gasteiger partial charge in [0.1, 0.15) is 25.9 Å². The van der Waals surface area contributed by atoms with Crippen LogP contribution in [0.15, 0.2) is 35.3 Å². The molecule has 0 saturated carbocycles. The number of nitrogens with zero attached hydrogens (tertiary/aromatic N) is 3. The second-order valence-corrected chi connectivity index (χ2v) is 8.55.